The first-order chi connectivity index (χ1) is 14.1. The molecule has 0 aromatic heterocycles. The summed E-state index contributed by atoms with van der Waals surface area (Å²) in [4.78, 5) is 13.0. The van der Waals surface area contributed by atoms with Gasteiger partial charge in [0.05, 0.1) is 20.3 Å². The second kappa shape index (κ2) is 8.87. The Morgan fingerprint density at radius 2 is 1.55 bits per heavy atom. The molecule has 1 amide bonds. The average Bonchev–Trinajstić information content (AvgIpc) is 3.10. The van der Waals surface area contributed by atoms with E-state index in [0.717, 1.165) is 35.5 Å². The van der Waals surface area contributed by atoms with Crippen LogP contribution in [0.2, 0.25) is 0 Å². The van der Waals surface area contributed by atoms with E-state index in [1.165, 1.54) is 12.8 Å². The van der Waals surface area contributed by atoms with E-state index in [1.54, 1.807) is 14.2 Å². The minimum atomic E-state index is -0.244. The van der Waals surface area contributed by atoms with Crippen LogP contribution in [0.25, 0.3) is 0 Å². The van der Waals surface area contributed by atoms with Gasteiger partial charge in [-0.1, -0.05) is 24.3 Å². The number of rotatable bonds is 7. The number of nitrogens with one attached hydrogen (secondary N) is 2. The first-order valence-electron chi connectivity index (χ1n) is 10.5. The van der Waals surface area contributed by atoms with Crippen molar-refractivity contribution in [1.82, 2.24) is 10.6 Å². The molecule has 29 heavy (non-hydrogen) atoms. The second-order valence-electron chi connectivity index (χ2n) is 8.23. The van der Waals surface area contributed by atoms with E-state index in [2.05, 4.69) is 10.6 Å². The normalized spacial score (nSPS) is 23.1. The minimum absolute atomic E-state index is 0.104. The van der Waals surface area contributed by atoms with Gasteiger partial charge in [-0.05, 0) is 67.0 Å². The molecule has 2 aromatic carbocycles. The molecule has 2 aromatic rings. The number of piperidine rings is 1. The molecule has 2 bridgehead atoms. The van der Waals surface area contributed by atoms with Crippen molar-refractivity contribution in [2.45, 2.75) is 50.2 Å². The van der Waals surface area contributed by atoms with Gasteiger partial charge < -0.3 is 20.1 Å². The van der Waals surface area contributed by atoms with Crippen LogP contribution in [0.3, 0.4) is 0 Å². The summed E-state index contributed by atoms with van der Waals surface area (Å²) in [7, 11) is 3.31. The van der Waals surface area contributed by atoms with Crippen molar-refractivity contribution in [2.24, 2.45) is 5.92 Å². The molecular formula is C24H30N2O3. The monoisotopic (exact) mass is 394 g/mol. The van der Waals surface area contributed by atoms with Crippen molar-refractivity contribution >= 4 is 5.91 Å². The Morgan fingerprint density at radius 1 is 1.00 bits per heavy atom. The summed E-state index contributed by atoms with van der Waals surface area (Å²) < 4.78 is 10.8. The Bertz CT molecular complexity index is 794. The zero-order valence-corrected chi connectivity index (χ0v) is 17.2. The van der Waals surface area contributed by atoms with Gasteiger partial charge in [0.25, 0.3) is 0 Å². The Hall–Kier alpha value is -2.53. The van der Waals surface area contributed by atoms with Crippen molar-refractivity contribution in [3.8, 4) is 11.5 Å². The molecule has 2 unspecified atom stereocenters. The third-order valence-electron chi connectivity index (χ3n) is 6.20. The van der Waals surface area contributed by atoms with Crippen LogP contribution in [0.1, 0.15) is 49.3 Å². The topological polar surface area (TPSA) is 59.6 Å². The quantitative estimate of drug-likeness (QED) is 0.749. The third-order valence-corrected chi connectivity index (χ3v) is 6.20. The molecule has 2 N–H and O–H groups in total. The third kappa shape index (κ3) is 4.73. The van der Waals surface area contributed by atoms with Gasteiger partial charge in [0.2, 0.25) is 5.91 Å². The summed E-state index contributed by atoms with van der Waals surface area (Å²) in [5, 5.41) is 6.93. The maximum Gasteiger partial charge on any atom is 0.221 e. The SMILES string of the molecule is COc1cccc(C(NC(=O)CC2CC3CCC(C2)N3)c2cccc(OC)c2)c1. The summed E-state index contributed by atoms with van der Waals surface area (Å²) in [6.07, 6.45) is 5.29. The molecule has 4 rings (SSSR count). The van der Waals surface area contributed by atoms with E-state index >= 15 is 0 Å². The summed E-state index contributed by atoms with van der Waals surface area (Å²) >= 11 is 0. The number of amides is 1. The van der Waals surface area contributed by atoms with Crippen LogP contribution in [0, 0.1) is 5.92 Å². The van der Waals surface area contributed by atoms with E-state index < -0.39 is 0 Å². The lowest BCUT2D eigenvalue weighted by molar-refractivity contribution is -0.122. The number of carbonyl (C=O) groups is 1. The fraction of sp³-hybridized carbons (Fsp3) is 0.458. The van der Waals surface area contributed by atoms with E-state index in [-0.39, 0.29) is 11.9 Å². The van der Waals surface area contributed by atoms with Crippen LogP contribution < -0.4 is 20.1 Å². The van der Waals surface area contributed by atoms with Gasteiger partial charge in [-0.2, -0.15) is 0 Å². The number of benzene rings is 2. The molecule has 0 saturated carbocycles. The molecule has 2 saturated heterocycles. The Kier molecular flexibility index (Phi) is 6.05. The molecule has 154 valence electrons. The number of hydrogen-bond donors (Lipinski definition) is 2. The van der Waals surface area contributed by atoms with Crippen molar-refractivity contribution in [3.63, 3.8) is 0 Å². The molecule has 5 heteroatoms. The Labute approximate surface area is 172 Å². The van der Waals surface area contributed by atoms with Crippen LogP contribution in [0.5, 0.6) is 11.5 Å². The lowest BCUT2D eigenvalue weighted by Crippen LogP contribution is -2.40. The van der Waals surface area contributed by atoms with Crippen LogP contribution in [0.15, 0.2) is 48.5 Å². The summed E-state index contributed by atoms with van der Waals surface area (Å²) in [5.41, 5.74) is 1.99. The van der Waals surface area contributed by atoms with Gasteiger partial charge in [-0.15, -0.1) is 0 Å². The lowest BCUT2D eigenvalue weighted by Gasteiger charge is -2.29. The van der Waals surface area contributed by atoms with Crippen LogP contribution >= 0.6 is 0 Å². The number of hydrogen-bond acceptors (Lipinski definition) is 4. The van der Waals surface area contributed by atoms with Gasteiger partial charge >= 0.3 is 0 Å². The van der Waals surface area contributed by atoms with Crippen molar-refractivity contribution in [3.05, 3.63) is 59.7 Å². The van der Waals surface area contributed by atoms with Crippen LogP contribution in [-0.4, -0.2) is 32.2 Å². The average molecular weight is 395 g/mol. The van der Waals surface area contributed by atoms with Gasteiger partial charge in [0, 0.05) is 18.5 Å². The van der Waals surface area contributed by atoms with E-state index in [4.69, 9.17) is 9.47 Å². The fourth-order valence-electron chi connectivity index (χ4n) is 4.83. The molecular weight excluding hydrogens is 364 g/mol. The lowest BCUT2D eigenvalue weighted by atomic mass is 9.89. The number of methoxy groups -OCH3 is 2. The molecule has 2 aliphatic rings. The summed E-state index contributed by atoms with van der Waals surface area (Å²) in [6, 6.07) is 16.7. The first kappa shape index (κ1) is 19.8. The summed E-state index contributed by atoms with van der Waals surface area (Å²) in [5.74, 6) is 2.12. The highest BCUT2D eigenvalue weighted by Crippen LogP contribution is 2.33. The standard InChI is InChI=1S/C24H30N2O3/c1-28-21-7-3-5-17(14-21)24(18-6-4-8-22(15-18)29-2)26-23(27)13-16-11-19-9-10-20(12-16)25-19/h3-8,14-16,19-20,24-25H,9-13H2,1-2H3,(H,26,27). The predicted octanol–water partition coefficient (Wildman–Crippen LogP) is 3.83. The molecule has 0 spiro atoms. The van der Waals surface area contributed by atoms with Gasteiger partial charge in [0.1, 0.15) is 11.5 Å². The first-order valence-corrected chi connectivity index (χ1v) is 10.5. The molecule has 2 fully saturated rings. The molecule has 5 nitrogen and oxygen atoms in total. The smallest absolute Gasteiger partial charge is 0.221 e. The van der Waals surface area contributed by atoms with Crippen LogP contribution in [-0.2, 0) is 4.79 Å². The molecule has 2 aliphatic heterocycles. The fourth-order valence-corrected chi connectivity index (χ4v) is 4.83. The van der Waals surface area contributed by atoms with Crippen molar-refractivity contribution < 1.29 is 14.3 Å². The highest BCUT2D eigenvalue weighted by molar-refractivity contribution is 5.77. The molecule has 0 radical (unpaired) electrons. The van der Waals surface area contributed by atoms with Crippen molar-refractivity contribution in [2.75, 3.05) is 14.2 Å². The predicted molar refractivity (Wildman–Crippen MR) is 113 cm³/mol. The highest BCUT2D eigenvalue weighted by atomic mass is 16.5. The highest BCUT2D eigenvalue weighted by Gasteiger charge is 2.34. The molecule has 2 atom stereocenters. The zero-order valence-electron chi connectivity index (χ0n) is 17.2. The zero-order chi connectivity index (χ0) is 20.2. The number of fused-ring (bicyclic) bond motifs is 2. The van der Waals surface area contributed by atoms with E-state index in [1.807, 2.05) is 48.5 Å². The van der Waals surface area contributed by atoms with E-state index in [0.29, 0.717) is 24.4 Å². The minimum Gasteiger partial charge on any atom is -0.497 e. The molecule has 2 heterocycles. The molecule has 0 aliphatic carbocycles. The number of ether oxygens (including phenoxy) is 2. The van der Waals surface area contributed by atoms with E-state index in [9.17, 15) is 4.79 Å². The second-order valence-corrected chi connectivity index (χ2v) is 8.23. The van der Waals surface area contributed by atoms with Crippen molar-refractivity contribution in [1.29, 1.82) is 0 Å². The maximum atomic E-state index is 13.0. The Morgan fingerprint density at radius 3 is 2.07 bits per heavy atom. The number of carbonyl (C=O) groups excluding carboxylic acids is 1. The van der Waals surface area contributed by atoms with Gasteiger partial charge in [-0.3, -0.25) is 4.79 Å². The maximum absolute atomic E-state index is 13.0. The Balaban J connectivity index is 1.53. The van der Waals surface area contributed by atoms with Gasteiger partial charge in [0.15, 0.2) is 0 Å². The largest absolute Gasteiger partial charge is 0.497 e. The summed E-state index contributed by atoms with van der Waals surface area (Å²) in [6.45, 7) is 0. The van der Waals surface area contributed by atoms with Crippen LogP contribution in [0.4, 0.5) is 0 Å². The van der Waals surface area contributed by atoms with Gasteiger partial charge in [-0.25, -0.2) is 0 Å².